The first-order valence-corrected chi connectivity index (χ1v) is 5.06. The van der Waals surface area contributed by atoms with Crippen molar-refractivity contribution in [3.05, 3.63) is 35.4 Å². The number of alkyl halides is 2. The van der Waals surface area contributed by atoms with Gasteiger partial charge in [0.15, 0.2) is 0 Å². The van der Waals surface area contributed by atoms with E-state index in [-0.39, 0.29) is 62.5 Å². The van der Waals surface area contributed by atoms with Crippen LogP contribution in [0, 0.1) is 0 Å². The van der Waals surface area contributed by atoms with Crippen LogP contribution in [-0.4, -0.2) is 17.2 Å². The van der Waals surface area contributed by atoms with Crippen LogP contribution in [-0.2, 0) is 10.7 Å². The fourth-order valence-electron chi connectivity index (χ4n) is 1.86. The molecule has 3 nitrogen and oxygen atoms in total. The zero-order chi connectivity index (χ0) is 12.8. The van der Waals surface area contributed by atoms with Crippen LogP contribution in [0.1, 0.15) is 25.0 Å². The third-order valence-corrected chi connectivity index (χ3v) is 2.87. The van der Waals surface area contributed by atoms with Gasteiger partial charge in [0, 0.05) is 11.1 Å². The van der Waals surface area contributed by atoms with Gasteiger partial charge in [-0.1, -0.05) is 24.3 Å². The van der Waals surface area contributed by atoms with E-state index in [0.29, 0.717) is 0 Å². The summed E-state index contributed by atoms with van der Waals surface area (Å²) in [5.41, 5.74) is -2.61. The van der Waals surface area contributed by atoms with E-state index in [1.165, 1.54) is 38.1 Å². The SMILES string of the molecule is CC1(C)N=C(C(=O)[O-])c2ccccc2C1(F)F.[K+]. The number of nitrogens with zero attached hydrogens (tertiary/aromatic N) is 1. The molecule has 1 aromatic rings. The summed E-state index contributed by atoms with van der Waals surface area (Å²) in [6.45, 7) is 2.40. The van der Waals surface area contributed by atoms with E-state index in [0.717, 1.165) is 0 Å². The van der Waals surface area contributed by atoms with E-state index in [1.807, 2.05) is 0 Å². The molecule has 0 N–H and O–H groups in total. The zero-order valence-electron chi connectivity index (χ0n) is 10.3. The molecule has 0 radical (unpaired) electrons. The van der Waals surface area contributed by atoms with Crippen molar-refractivity contribution in [1.82, 2.24) is 0 Å². The van der Waals surface area contributed by atoms with E-state index in [2.05, 4.69) is 4.99 Å². The summed E-state index contributed by atoms with van der Waals surface area (Å²) < 4.78 is 28.2. The Morgan fingerprint density at radius 3 is 2.39 bits per heavy atom. The Kier molecular flexibility index (Phi) is 4.50. The number of fused-ring (bicyclic) bond motifs is 1. The van der Waals surface area contributed by atoms with Gasteiger partial charge in [-0.3, -0.25) is 4.99 Å². The molecule has 1 aromatic carbocycles. The molecule has 0 bridgehead atoms. The number of aliphatic carboxylic acids is 1. The quantitative estimate of drug-likeness (QED) is 0.564. The van der Waals surface area contributed by atoms with Crippen LogP contribution in [0.4, 0.5) is 8.78 Å². The minimum Gasteiger partial charge on any atom is -0.543 e. The summed E-state index contributed by atoms with van der Waals surface area (Å²) in [7, 11) is 0. The van der Waals surface area contributed by atoms with Crippen molar-refractivity contribution in [3.8, 4) is 0 Å². The standard InChI is InChI=1S/C12H11F2NO2.K/c1-11(2)12(13,14)8-6-4-3-5-7(8)9(15-11)10(16)17;/h3-6H,1-2H3,(H,16,17);/q;+1/p-1. The smallest absolute Gasteiger partial charge is 0.543 e. The van der Waals surface area contributed by atoms with Crippen LogP contribution in [0.25, 0.3) is 0 Å². The topological polar surface area (TPSA) is 52.5 Å². The predicted molar refractivity (Wildman–Crippen MR) is 56.0 cm³/mol. The van der Waals surface area contributed by atoms with Gasteiger partial charge in [0.2, 0.25) is 0 Å². The first-order valence-electron chi connectivity index (χ1n) is 5.06. The van der Waals surface area contributed by atoms with Gasteiger partial charge >= 0.3 is 51.4 Å². The van der Waals surface area contributed by atoms with E-state index in [4.69, 9.17) is 0 Å². The Bertz CT molecular complexity index is 527. The van der Waals surface area contributed by atoms with Crippen molar-refractivity contribution in [2.45, 2.75) is 25.3 Å². The average Bonchev–Trinajstić information content (AvgIpc) is 2.24. The van der Waals surface area contributed by atoms with Crippen molar-refractivity contribution < 1.29 is 70.1 Å². The number of carbonyl (C=O) groups excluding carboxylic acids is 1. The van der Waals surface area contributed by atoms with Gasteiger partial charge in [-0.15, -0.1) is 0 Å². The molecule has 0 amide bonds. The van der Waals surface area contributed by atoms with Crippen LogP contribution in [0.3, 0.4) is 0 Å². The molecule has 1 aliphatic heterocycles. The number of hydrogen-bond acceptors (Lipinski definition) is 3. The van der Waals surface area contributed by atoms with Crippen molar-refractivity contribution in [2.75, 3.05) is 0 Å². The van der Waals surface area contributed by atoms with Crippen molar-refractivity contribution in [3.63, 3.8) is 0 Å². The normalized spacial score (nSPS) is 19.2. The fraction of sp³-hybridized carbons (Fsp3) is 0.333. The number of carboxylic acids is 1. The van der Waals surface area contributed by atoms with Crippen LogP contribution in [0.15, 0.2) is 29.3 Å². The summed E-state index contributed by atoms with van der Waals surface area (Å²) in [5, 5.41) is 10.9. The molecule has 0 saturated heterocycles. The number of hydrogen-bond donors (Lipinski definition) is 0. The minimum atomic E-state index is -3.21. The van der Waals surface area contributed by atoms with E-state index in [9.17, 15) is 18.7 Å². The average molecular weight is 277 g/mol. The second-order valence-electron chi connectivity index (χ2n) is 4.43. The van der Waals surface area contributed by atoms with Crippen molar-refractivity contribution >= 4 is 11.7 Å². The number of carbonyl (C=O) groups is 1. The molecular formula is C12H10F2KNO2. The molecule has 6 heteroatoms. The molecule has 0 fully saturated rings. The van der Waals surface area contributed by atoms with E-state index in [1.54, 1.807) is 0 Å². The summed E-state index contributed by atoms with van der Waals surface area (Å²) in [6.07, 6.45) is 0. The maximum Gasteiger partial charge on any atom is 1.00 e. The van der Waals surface area contributed by atoms with Crippen LogP contribution in [0.5, 0.6) is 0 Å². The molecular weight excluding hydrogens is 267 g/mol. The summed E-state index contributed by atoms with van der Waals surface area (Å²) in [4.78, 5) is 14.5. The van der Waals surface area contributed by atoms with Gasteiger partial charge in [0.25, 0.3) is 5.92 Å². The van der Waals surface area contributed by atoms with Gasteiger partial charge in [-0.2, -0.15) is 8.78 Å². The molecule has 18 heavy (non-hydrogen) atoms. The van der Waals surface area contributed by atoms with E-state index >= 15 is 0 Å². The van der Waals surface area contributed by atoms with Crippen LogP contribution < -0.4 is 56.5 Å². The second-order valence-corrected chi connectivity index (χ2v) is 4.43. The van der Waals surface area contributed by atoms with E-state index < -0.39 is 23.1 Å². The minimum absolute atomic E-state index is 0. The van der Waals surface area contributed by atoms with Gasteiger partial charge in [0.05, 0.1) is 11.7 Å². The Labute approximate surface area is 146 Å². The van der Waals surface area contributed by atoms with Crippen molar-refractivity contribution in [1.29, 1.82) is 0 Å². The molecule has 0 atom stereocenters. The molecule has 2 rings (SSSR count). The zero-order valence-corrected chi connectivity index (χ0v) is 13.5. The molecule has 90 valence electrons. The second kappa shape index (κ2) is 5.09. The number of benzene rings is 1. The Balaban J connectivity index is 0.00000162. The molecule has 0 unspecified atom stereocenters. The maximum atomic E-state index is 14.1. The molecule has 1 heterocycles. The molecule has 0 spiro atoms. The summed E-state index contributed by atoms with van der Waals surface area (Å²) in [6, 6.07) is 5.47. The van der Waals surface area contributed by atoms with Gasteiger partial charge in [-0.25, -0.2) is 0 Å². The first-order chi connectivity index (χ1) is 7.77. The van der Waals surface area contributed by atoms with Gasteiger partial charge in [0.1, 0.15) is 5.54 Å². The fourth-order valence-corrected chi connectivity index (χ4v) is 1.86. The number of aliphatic imine (C=N–C) groups is 1. The third-order valence-electron chi connectivity index (χ3n) is 2.87. The third kappa shape index (κ3) is 2.32. The molecule has 0 saturated carbocycles. The summed E-state index contributed by atoms with van der Waals surface area (Å²) >= 11 is 0. The van der Waals surface area contributed by atoms with Gasteiger partial charge < -0.3 is 9.90 Å². The Morgan fingerprint density at radius 2 is 1.83 bits per heavy atom. The van der Waals surface area contributed by atoms with Crippen LogP contribution in [0.2, 0.25) is 0 Å². The van der Waals surface area contributed by atoms with Gasteiger partial charge in [-0.05, 0) is 13.8 Å². The molecule has 0 aromatic heterocycles. The predicted octanol–water partition coefficient (Wildman–Crippen LogP) is -1.89. The Morgan fingerprint density at radius 1 is 1.28 bits per heavy atom. The molecule has 1 aliphatic rings. The first kappa shape index (κ1) is 15.9. The number of halogens is 2. The summed E-state index contributed by atoms with van der Waals surface area (Å²) in [5.74, 6) is -4.75. The number of rotatable bonds is 1. The Hall–Kier alpha value is -0.144. The van der Waals surface area contributed by atoms with Crippen LogP contribution >= 0.6 is 0 Å². The number of carboxylic acid groups (broad SMARTS) is 1. The van der Waals surface area contributed by atoms with Crippen molar-refractivity contribution in [2.24, 2.45) is 4.99 Å². The largest absolute Gasteiger partial charge is 1.00 e. The monoisotopic (exact) mass is 277 g/mol. The maximum absolute atomic E-state index is 14.1. The molecule has 0 aliphatic carbocycles.